The molecule has 5 amide bonds. The van der Waals surface area contributed by atoms with Crippen LogP contribution in [0.25, 0.3) is 10.9 Å². The number of aliphatic carboxylic acids is 1. The van der Waals surface area contributed by atoms with E-state index >= 15 is 0 Å². The second kappa shape index (κ2) is 17.2. The zero-order chi connectivity index (χ0) is 39.8. The number of fused-ring (bicyclic) bond motifs is 1. The normalized spacial score (nSPS) is 13.5. The summed E-state index contributed by atoms with van der Waals surface area (Å²) >= 11 is 0. The van der Waals surface area contributed by atoms with E-state index in [0.717, 1.165) is 4.90 Å². The maximum atomic E-state index is 13.3. The van der Waals surface area contributed by atoms with Crippen molar-refractivity contribution in [1.82, 2.24) is 30.7 Å². The summed E-state index contributed by atoms with van der Waals surface area (Å²) in [4.78, 5) is 89.7. The van der Waals surface area contributed by atoms with Crippen LogP contribution in [0.15, 0.2) is 30.5 Å². The van der Waals surface area contributed by atoms with Crippen molar-refractivity contribution in [2.24, 2.45) is 0 Å². The van der Waals surface area contributed by atoms with Crippen LogP contribution < -0.4 is 21.3 Å². The smallest absolute Gasteiger partial charge is 0.419 e. The number of carboxylic acid groups (broad SMARTS) is 1. The molecule has 17 heteroatoms. The van der Waals surface area contributed by atoms with Gasteiger partial charge in [0.25, 0.3) is 0 Å². The molecular formula is C35H52N6O11. The minimum atomic E-state index is -1.59. The molecule has 52 heavy (non-hydrogen) atoms. The number of esters is 1. The van der Waals surface area contributed by atoms with E-state index in [1.54, 1.807) is 86.6 Å². The van der Waals surface area contributed by atoms with Crippen molar-refractivity contribution in [1.29, 1.82) is 0 Å². The predicted molar refractivity (Wildman–Crippen MR) is 189 cm³/mol. The molecule has 0 saturated carbocycles. The summed E-state index contributed by atoms with van der Waals surface area (Å²) < 4.78 is 17.5. The zero-order valence-electron chi connectivity index (χ0n) is 31.7. The molecule has 0 fully saturated rings. The number of urea groups is 1. The average molecular weight is 733 g/mol. The first-order valence-electron chi connectivity index (χ1n) is 16.6. The van der Waals surface area contributed by atoms with E-state index in [2.05, 4.69) is 21.3 Å². The van der Waals surface area contributed by atoms with Gasteiger partial charge >= 0.3 is 30.2 Å². The standard InChI is InChI=1S/C35H52N6O11/c1-20(40(11)26(43)18-37-31(48)51-34(5,6)7)27(28(44)45)39-25(42)17-36-30(47)38-23(29(46)50-33(2,3)4)16-21-19-41(32(49)52-35(8,9)10)24-15-13-12-14-22(21)24/h12-15,19-20,23,27H,16-18H2,1-11H3,(H,37,48)(H,39,42)(H,44,45)(H2,36,38,47)/t20-,23?,27?/m0/s1. The van der Waals surface area contributed by atoms with Crippen LogP contribution in [0.4, 0.5) is 14.4 Å². The molecule has 1 aromatic heterocycles. The third-order valence-corrected chi connectivity index (χ3v) is 7.07. The molecule has 0 bridgehead atoms. The fourth-order valence-electron chi connectivity index (χ4n) is 4.68. The van der Waals surface area contributed by atoms with Crippen molar-refractivity contribution < 1.29 is 52.9 Å². The Morgan fingerprint density at radius 3 is 1.94 bits per heavy atom. The number of amides is 5. The van der Waals surface area contributed by atoms with Crippen molar-refractivity contribution in [3.8, 4) is 0 Å². The number of likely N-dealkylation sites (N-methyl/N-ethyl adjacent to an activating group) is 1. The van der Waals surface area contributed by atoms with Gasteiger partial charge in [0, 0.05) is 25.1 Å². The first-order chi connectivity index (χ1) is 23.8. The molecule has 3 atom stereocenters. The largest absolute Gasteiger partial charge is 0.480 e. The minimum absolute atomic E-state index is 0.105. The van der Waals surface area contributed by atoms with Gasteiger partial charge in [-0.05, 0) is 80.9 Å². The van der Waals surface area contributed by atoms with Crippen LogP contribution in [-0.4, -0.2) is 112 Å². The maximum absolute atomic E-state index is 13.3. The summed E-state index contributed by atoms with van der Waals surface area (Å²) in [5.74, 6) is -3.80. The third-order valence-electron chi connectivity index (χ3n) is 7.07. The number of ether oxygens (including phenoxy) is 3. The van der Waals surface area contributed by atoms with Crippen LogP contribution >= 0.6 is 0 Å². The molecule has 2 unspecified atom stereocenters. The number of para-hydroxylation sites is 1. The zero-order valence-corrected chi connectivity index (χ0v) is 31.7. The molecule has 0 aliphatic heterocycles. The quantitative estimate of drug-likeness (QED) is 0.158. The van der Waals surface area contributed by atoms with E-state index in [4.69, 9.17) is 14.2 Å². The Labute approximate surface area is 303 Å². The monoisotopic (exact) mass is 732 g/mol. The average Bonchev–Trinajstić information content (AvgIpc) is 3.36. The Hall–Kier alpha value is -5.35. The Morgan fingerprint density at radius 1 is 0.808 bits per heavy atom. The van der Waals surface area contributed by atoms with Gasteiger partial charge in [0.15, 0.2) is 0 Å². The van der Waals surface area contributed by atoms with Gasteiger partial charge in [-0.15, -0.1) is 0 Å². The van der Waals surface area contributed by atoms with Gasteiger partial charge < -0.3 is 45.5 Å². The molecule has 2 rings (SSSR count). The third kappa shape index (κ3) is 13.8. The number of hydrogen-bond donors (Lipinski definition) is 5. The number of rotatable bonds is 12. The van der Waals surface area contributed by atoms with Crippen LogP contribution in [0, 0.1) is 0 Å². The van der Waals surface area contributed by atoms with Gasteiger partial charge in [-0.2, -0.15) is 0 Å². The topological polar surface area (TPSA) is 224 Å². The van der Waals surface area contributed by atoms with Gasteiger partial charge in [-0.25, -0.2) is 24.0 Å². The number of carbonyl (C=O) groups excluding carboxylic acids is 6. The van der Waals surface area contributed by atoms with Crippen molar-refractivity contribution in [3.05, 3.63) is 36.0 Å². The number of hydrogen-bond acceptors (Lipinski definition) is 10. The summed E-state index contributed by atoms with van der Waals surface area (Å²) in [7, 11) is 1.30. The first-order valence-corrected chi connectivity index (χ1v) is 16.6. The van der Waals surface area contributed by atoms with Crippen molar-refractivity contribution in [2.45, 2.75) is 111 Å². The van der Waals surface area contributed by atoms with Crippen LogP contribution in [-0.2, 0) is 39.8 Å². The highest BCUT2D eigenvalue weighted by Gasteiger charge is 2.33. The Bertz CT molecular complexity index is 1650. The highest BCUT2D eigenvalue weighted by molar-refractivity contribution is 5.93. The van der Waals surface area contributed by atoms with Crippen molar-refractivity contribution in [2.75, 3.05) is 20.1 Å². The number of carboxylic acids is 1. The number of alkyl carbamates (subject to hydrolysis) is 1. The van der Waals surface area contributed by atoms with E-state index in [1.165, 1.54) is 24.7 Å². The van der Waals surface area contributed by atoms with Crippen LogP contribution in [0.3, 0.4) is 0 Å². The van der Waals surface area contributed by atoms with Gasteiger partial charge in [-0.1, -0.05) is 18.2 Å². The summed E-state index contributed by atoms with van der Waals surface area (Å²) in [6.07, 6.45) is -0.0588. The van der Waals surface area contributed by atoms with E-state index in [9.17, 15) is 38.7 Å². The fraction of sp³-hybridized carbons (Fsp3) is 0.571. The molecule has 5 N–H and O–H groups in total. The minimum Gasteiger partial charge on any atom is -0.480 e. The van der Waals surface area contributed by atoms with Crippen molar-refractivity contribution in [3.63, 3.8) is 0 Å². The molecule has 17 nitrogen and oxygen atoms in total. The number of nitrogens with zero attached hydrogens (tertiary/aromatic N) is 2. The Kier molecular flexibility index (Phi) is 14.2. The summed E-state index contributed by atoms with van der Waals surface area (Å²) in [6, 6.07) is 2.07. The second-order valence-electron chi connectivity index (χ2n) is 15.1. The molecule has 0 aliphatic carbocycles. The Morgan fingerprint density at radius 2 is 1.38 bits per heavy atom. The Balaban J connectivity index is 2.15. The van der Waals surface area contributed by atoms with Crippen LogP contribution in [0.2, 0.25) is 0 Å². The highest BCUT2D eigenvalue weighted by atomic mass is 16.6. The molecule has 288 valence electrons. The van der Waals surface area contributed by atoms with Gasteiger partial charge in [0.05, 0.1) is 18.1 Å². The van der Waals surface area contributed by atoms with Crippen LogP contribution in [0.5, 0.6) is 0 Å². The number of aromatic nitrogens is 1. The second-order valence-corrected chi connectivity index (χ2v) is 15.1. The van der Waals surface area contributed by atoms with E-state index in [-0.39, 0.29) is 6.42 Å². The first kappa shape index (κ1) is 42.8. The SMILES string of the molecule is C[C@@H](C(NC(=O)CNC(=O)NC(Cc1cn(C(=O)OC(C)(C)C)c2ccccc12)C(=O)OC(C)(C)C)C(=O)O)N(C)C(=O)CNC(=O)OC(C)(C)C. The van der Waals surface area contributed by atoms with E-state index in [1.807, 2.05) is 0 Å². The molecule has 0 radical (unpaired) electrons. The lowest BCUT2D eigenvalue weighted by Crippen LogP contribution is -2.57. The maximum Gasteiger partial charge on any atom is 0.419 e. The molecular weight excluding hydrogens is 680 g/mol. The molecule has 1 heterocycles. The number of nitrogens with one attached hydrogen (secondary N) is 4. The van der Waals surface area contributed by atoms with Gasteiger partial charge in [-0.3, -0.25) is 14.2 Å². The number of carbonyl (C=O) groups is 7. The van der Waals surface area contributed by atoms with E-state index in [0.29, 0.717) is 16.5 Å². The highest BCUT2D eigenvalue weighted by Crippen LogP contribution is 2.25. The lowest BCUT2D eigenvalue weighted by Gasteiger charge is -2.30. The molecule has 0 spiro atoms. The van der Waals surface area contributed by atoms with Crippen molar-refractivity contribution >= 4 is 52.9 Å². The summed E-state index contributed by atoms with van der Waals surface area (Å²) in [5, 5.41) is 19.8. The molecule has 0 aliphatic rings. The fourth-order valence-corrected chi connectivity index (χ4v) is 4.68. The molecule has 2 aromatic rings. The summed E-state index contributed by atoms with van der Waals surface area (Å²) in [6.45, 7) is 15.3. The van der Waals surface area contributed by atoms with Gasteiger partial charge in [0.1, 0.15) is 35.4 Å². The number of benzene rings is 1. The van der Waals surface area contributed by atoms with E-state index < -0.39 is 90.0 Å². The predicted octanol–water partition coefficient (Wildman–Crippen LogP) is 2.92. The lowest BCUT2D eigenvalue weighted by atomic mass is 10.0. The lowest BCUT2D eigenvalue weighted by molar-refractivity contribution is -0.157. The van der Waals surface area contributed by atoms with Crippen LogP contribution in [0.1, 0.15) is 74.8 Å². The summed E-state index contributed by atoms with van der Waals surface area (Å²) in [5.41, 5.74) is -1.44. The molecule has 1 aromatic carbocycles. The molecule has 0 saturated heterocycles. The van der Waals surface area contributed by atoms with Gasteiger partial charge in [0.2, 0.25) is 11.8 Å².